The van der Waals surface area contributed by atoms with Crippen LogP contribution in [0.2, 0.25) is 0 Å². The Bertz CT molecular complexity index is 312. The summed E-state index contributed by atoms with van der Waals surface area (Å²) in [5.41, 5.74) is 4.36. The Balaban J connectivity index is 2.89. The van der Waals surface area contributed by atoms with Gasteiger partial charge in [-0.1, -0.05) is 57.4 Å². The first-order valence-electron chi connectivity index (χ1n) is 6.13. The average molecular weight is 204 g/mol. The van der Waals surface area contributed by atoms with E-state index in [0.717, 1.165) is 5.92 Å². The van der Waals surface area contributed by atoms with E-state index in [1.54, 1.807) is 0 Å². The molecule has 0 nitrogen and oxygen atoms in total. The van der Waals surface area contributed by atoms with E-state index in [1.807, 2.05) is 0 Å². The molecule has 15 heavy (non-hydrogen) atoms. The lowest BCUT2D eigenvalue weighted by molar-refractivity contribution is 0.447. The number of hydrogen-bond donors (Lipinski definition) is 0. The van der Waals surface area contributed by atoms with Crippen LogP contribution >= 0.6 is 0 Å². The minimum Gasteiger partial charge on any atom is -0.0654 e. The van der Waals surface area contributed by atoms with Crippen LogP contribution in [0.25, 0.3) is 0 Å². The minimum absolute atomic E-state index is 0.685. The summed E-state index contributed by atoms with van der Waals surface area (Å²) >= 11 is 0. The molecule has 0 aliphatic rings. The van der Waals surface area contributed by atoms with Gasteiger partial charge in [-0.25, -0.2) is 0 Å². The van der Waals surface area contributed by atoms with Crippen molar-refractivity contribution < 1.29 is 0 Å². The van der Waals surface area contributed by atoms with E-state index < -0.39 is 0 Å². The van der Waals surface area contributed by atoms with E-state index in [0.29, 0.717) is 5.92 Å². The predicted octanol–water partition coefficient (Wildman–Crippen LogP) is 4.84. The summed E-state index contributed by atoms with van der Waals surface area (Å²) in [6.45, 7) is 11.4. The van der Waals surface area contributed by atoms with Gasteiger partial charge in [0.1, 0.15) is 0 Å². The molecule has 0 aromatic heterocycles. The SMILES string of the molecule is CCCC(C)C(C)c1cc(C)ccc1C. The fourth-order valence-corrected chi connectivity index (χ4v) is 2.26. The number of hydrogen-bond acceptors (Lipinski definition) is 0. The summed E-state index contributed by atoms with van der Waals surface area (Å²) in [7, 11) is 0. The Morgan fingerprint density at radius 2 is 1.80 bits per heavy atom. The Hall–Kier alpha value is -0.780. The maximum absolute atomic E-state index is 2.37. The van der Waals surface area contributed by atoms with Crippen molar-refractivity contribution in [1.29, 1.82) is 0 Å². The second kappa shape index (κ2) is 5.34. The smallest absolute Gasteiger partial charge is 0.0162 e. The third-order valence-corrected chi connectivity index (χ3v) is 3.52. The maximum atomic E-state index is 2.37. The lowest BCUT2D eigenvalue weighted by Gasteiger charge is -2.22. The summed E-state index contributed by atoms with van der Waals surface area (Å²) in [5, 5.41) is 0. The first-order valence-corrected chi connectivity index (χ1v) is 6.13. The summed E-state index contributed by atoms with van der Waals surface area (Å²) in [6.07, 6.45) is 2.62. The molecule has 0 saturated carbocycles. The van der Waals surface area contributed by atoms with E-state index in [-0.39, 0.29) is 0 Å². The molecule has 0 heteroatoms. The van der Waals surface area contributed by atoms with Crippen molar-refractivity contribution in [2.24, 2.45) is 5.92 Å². The van der Waals surface area contributed by atoms with Crippen molar-refractivity contribution in [3.63, 3.8) is 0 Å². The van der Waals surface area contributed by atoms with E-state index in [9.17, 15) is 0 Å². The van der Waals surface area contributed by atoms with Crippen LogP contribution < -0.4 is 0 Å². The Morgan fingerprint density at radius 1 is 1.13 bits per heavy atom. The lowest BCUT2D eigenvalue weighted by Crippen LogP contribution is -2.07. The Kier molecular flexibility index (Phi) is 4.38. The first-order chi connectivity index (χ1) is 7.06. The fourth-order valence-electron chi connectivity index (χ4n) is 2.26. The quantitative estimate of drug-likeness (QED) is 0.658. The molecule has 0 aliphatic carbocycles. The standard InChI is InChI=1S/C15H24/c1-6-7-12(3)14(5)15-10-11(2)8-9-13(15)4/h8-10,12,14H,6-7H2,1-5H3. The normalized spacial score (nSPS) is 15.0. The van der Waals surface area contributed by atoms with Crippen LogP contribution in [-0.2, 0) is 0 Å². The van der Waals surface area contributed by atoms with Crippen molar-refractivity contribution in [2.45, 2.75) is 53.4 Å². The van der Waals surface area contributed by atoms with E-state index in [1.165, 1.54) is 29.5 Å². The van der Waals surface area contributed by atoms with Gasteiger partial charge in [-0.2, -0.15) is 0 Å². The van der Waals surface area contributed by atoms with Gasteiger partial charge in [-0.05, 0) is 36.8 Å². The monoisotopic (exact) mass is 204 g/mol. The van der Waals surface area contributed by atoms with Gasteiger partial charge < -0.3 is 0 Å². The van der Waals surface area contributed by atoms with Crippen molar-refractivity contribution in [1.82, 2.24) is 0 Å². The predicted molar refractivity (Wildman–Crippen MR) is 68.4 cm³/mol. The molecule has 0 N–H and O–H groups in total. The van der Waals surface area contributed by atoms with Crippen molar-refractivity contribution in [2.75, 3.05) is 0 Å². The zero-order valence-electron chi connectivity index (χ0n) is 10.8. The molecule has 84 valence electrons. The van der Waals surface area contributed by atoms with Crippen LogP contribution in [0.1, 0.15) is 56.2 Å². The van der Waals surface area contributed by atoms with Gasteiger partial charge in [0.25, 0.3) is 0 Å². The molecule has 2 atom stereocenters. The van der Waals surface area contributed by atoms with E-state index in [4.69, 9.17) is 0 Å². The molecule has 0 bridgehead atoms. The molecule has 1 aromatic rings. The molecular formula is C15H24. The lowest BCUT2D eigenvalue weighted by atomic mass is 9.83. The topological polar surface area (TPSA) is 0 Å². The highest BCUT2D eigenvalue weighted by molar-refractivity contribution is 5.33. The fraction of sp³-hybridized carbons (Fsp3) is 0.600. The van der Waals surface area contributed by atoms with E-state index >= 15 is 0 Å². The van der Waals surface area contributed by atoms with Gasteiger partial charge >= 0.3 is 0 Å². The van der Waals surface area contributed by atoms with Crippen LogP contribution in [-0.4, -0.2) is 0 Å². The van der Waals surface area contributed by atoms with Crippen LogP contribution in [0.3, 0.4) is 0 Å². The van der Waals surface area contributed by atoms with Crippen molar-refractivity contribution in [3.05, 3.63) is 34.9 Å². The molecule has 0 radical (unpaired) electrons. The average Bonchev–Trinajstić information content (AvgIpc) is 2.21. The minimum atomic E-state index is 0.685. The van der Waals surface area contributed by atoms with Gasteiger partial charge in [0, 0.05) is 0 Å². The third kappa shape index (κ3) is 3.09. The van der Waals surface area contributed by atoms with Gasteiger partial charge in [0.05, 0.1) is 0 Å². The molecular weight excluding hydrogens is 180 g/mol. The molecule has 0 amide bonds. The van der Waals surface area contributed by atoms with Gasteiger partial charge in [-0.15, -0.1) is 0 Å². The highest BCUT2D eigenvalue weighted by Gasteiger charge is 2.15. The van der Waals surface area contributed by atoms with E-state index in [2.05, 4.69) is 52.8 Å². The Labute approximate surface area is 94.7 Å². The molecule has 2 unspecified atom stereocenters. The van der Waals surface area contributed by atoms with Crippen molar-refractivity contribution >= 4 is 0 Å². The molecule has 0 fully saturated rings. The second-order valence-electron chi connectivity index (χ2n) is 4.91. The summed E-state index contributed by atoms with van der Waals surface area (Å²) in [4.78, 5) is 0. The number of benzene rings is 1. The van der Waals surface area contributed by atoms with Gasteiger partial charge in [-0.3, -0.25) is 0 Å². The third-order valence-electron chi connectivity index (χ3n) is 3.52. The summed E-state index contributed by atoms with van der Waals surface area (Å²) < 4.78 is 0. The van der Waals surface area contributed by atoms with Gasteiger partial charge in [0.2, 0.25) is 0 Å². The van der Waals surface area contributed by atoms with Crippen LogP contribution in [0.5, 0.6) is 0 Å². The number of rotatable bonds is 4. The van der Waals surface area contributed by atoms with Gasteiger partial charge in [0.15, 0.2) is 0 Å². The highest BCUT2D eigenvalue weighted by Crippen LogP contribution is 2.30. The molecule has 0 heterocycles. The zero-order valence-corrected chi connectivity index (χ0v) is 10.8. The Morgan fingerprint density at radius 3 is 2.40 bits per heavy atom. The van der Waals surface area contributed by atoms with Crippen LogP contribution in [0.15, 0.2) is 18.2 Å². The number of aryl methyl sites for hydroxylation is 2. The molecule has 0 spiro atoms. The van der Waals surface area contributed by atoms with Crippen molar-refractivity contribution in [3.8, 4) is 0 Å². The second-order valence-corrected chi connectivity index (χ2v) is 4.91. The summed E-state index contributed by atoms with van der Waals surface area (Å²) in [5.74, 6) is 1.47. The van der Waals surface area contributed by atoms with Crippen LogP contribution in [0, 0.1) is 19.8 Å². The molecule has 1 aromatic carbocycles. The molecule has 0 aliphatic heterocycles. The first kappa shape index (κ1) is 12.3. The zero-order chi connectivity index (χ0) is 11.4. The largest absolute Gasteiger partial charge is 0.0654 e. The molecule has 0 saturated heterocycles. The molecule has 1 rings (SSSR count). The maximum Gasteiger partial charge on any atom is -0.0162 e. The highest BCUT2D eigenvalue weighted by atomic mass is 14.2. The van der Waals surface area contributed by atoms with Crippen LogP contribution in [0.4, 0.5) is 0 Å². The summed E-state index contributed by atoms with van der Waals surface area (Å²) in [6, 6.07) is 6.81.